The SMILES string of the molecule is Cc1ccc(C(N)=O)c(-c2ccc(N3CCN(Cc4ccc(C#N)cc4)CC3)nc2)c1-c1ccc(C#N)cc1. The number of nitriles is 2. The van der Waals surface area contributed by atoms with Crippen molar-refractivity contribution in [3.63, 3.8) is 0 Å². The summed E-state index contributed by atoms with van der Waals surface area (Å²) in [6.07, 6.45) is 1.81. The lowest BCUT2D eigenvalue weighted by molar-refractivity contribution is 0.100. The summed E-state index contributed by atoms with van der Waals surface area (Å²) < 4.78 is 0. The van der Waals surface area contributed by atoms with Gasteiger partial charge in [-0.1, -0.05) is 30.3 Å². The number of aryl methyl sites for hydroxylation is 1. The number of nitrogens with two attached hydrogens (primary N) is 1. The number of benzene rings is 3. The quantitative estimate of drug-likeness (QED) is 0.394. The highest BCUT2D eigenvalue weighted by Gasteiger charge is 2.21. The molecule has 5 rings (SSSR count). The van der Waals surface area contributed by atoms with E-state index in [1.165, 1.54) is 5.56 Å². The van der Waals surface area contributed by atoms with Crippen molar-refractivity contribution < 1.29 is 4.79 Å². The summed E-state index contributed by atoms with van der Waals surface area (Å²) in [5, 5.41) is 18.2. The molecule has 2 N–H and O–H groups in total. The molecule has 2 heterocycles. The number of piperazine rings is 1. The first-order chi connectivity index (χ1) is 19.0. The molecule has 0 aliphatic carbocycles. The lowest BCUT2D eigenvalue weighted by Crippen LogP contribution is -2.46. The highest BCUT2D eigenvalue weighted by Crippen LogP contribution is 2.38. The second-order valence-electron chi connectivity index (χ2n) is 9.71. The molecular formula is C32H28N6O. The Morgan fingerprint density at radius 2 is 1.44 bits per heavy atom. The van der Waals surface area contributed by atoms with Crippen LogP contribution in [0.2, 0.25) is 0 Å². The molecule has 0 atom stereocenters. The number of amides is 1. The van der Waals surface area contributed by atoms with Crippen LogP contribution in [0, 0.1) is 29.6 Å². The minimum Gasteiger partial charge on any atom is -0.366 e. The van der Waals surface area contributed by atoms with Crippen molar-refractivity contribution in [1.82, 2.24) is 9.88 Å². The van der Waals surface area contributed by atoms with E-state index in [9.17, 15) is 10.1 Å². The van der Waals surface area contributed by atoms with Gasteiger partial charge in [0.25, 0.3) is 0 Å². The van der Waals surface area contributed by atoms with Crippen molar-refractivity contribution in [2.75, 3.05) is 31.1 Å². The molecule has 0 radical (unpaired) electrons. The number of anilines is 1. The highest BCUT2D eigenvalue weighted by molar-refractivity contribution is 6.04. The average molecular weight is 513 g/mol. The number of aromatic nitrogens is 1. The van der Waals surface area contributed by atoms with Crippen LogP contribution in [0.3, 0.4) is 0 Å². The van der Waals surface area contributed by atoms with Crippen LogP contribution in [-0.2, 0) is 6.54 Å². The first kappa shape index (κ1) is 25.7. The maximum Gasteiger partial charge on any atom is 0.249 e. The number of hydrogen-bond acceptors (Lipinski definition) is 6. The van der Waals surface area contributed by atoms with E-state index in [2.05, 4.69) is 21.9 Å². The molecular weight excluding hydrogens is 484 g/mol. The van der Waals surface area contributed by atoms with Gasteiger partial charge in [0.15, 0.2) is 0 Å². The second kappa shape index (κ2) is 11.2. The predicted octanol–water partition coefficient (Wildman–Crippen LogP) is 4.89. The summed E-state index contributed by atoms with van der Waals surface area (Å²) in [6, 6.07) is 27.1. The summed E-state index contributed by atoms with van der Waals surface area (Å²) in [7, 11) is 0. The van der Waals surface area contributed by atoms with Crippen LogP contribution < -0.4 is 10.6 Å². The van der Waals surface area contributed by atoms with E-state index in [0.29, 0.717) is 16.7 Å². The zero-order valence-electron chi connectivity index (χ0n) is 21.8. The van der Waals surface area contributed by atoms with Crippen molar-refractivity contribution in [1.29, 1.82) is 10.5 Å². The molecule has 1 aliphatic heterocycles. The van der Waals surface area contributed by atoms with Crippen LogP contribution in [0.5, 0.6) is 0 Å². The van der Waals surface area contributed by atoms with Gasteiger partial charge in [0, 0.05) is 55.6 Å². The molecule has 1 fully saturated rings. The smallest absolute Gasteiger partial charge is 0.249 e. The molecule has 0 saturated carbocycles. The molecule has 4 aromatic rings. The Morgan fingerprint density at radius 1 is 0.821 bits per heavy atom. The number of hydrogen-bond donors (Lipinski definition) is 1. The maximum absolute atomic E-state index is 12.4. The third kappa shape index (κ3) is 5.50. The predicted molar refractivity (Wildman–Crippen MR) is 152 cm³/mol. The first-order valence-electron chi connectivity index (χ1n) is 12.8. The van der Waals surface area contributed by atoms with E-state index in [1.807, 2.05) is 67.7 Å². The standard InChI is InChI=1S/C32H28N6O/c1-22-2-12-28(32(35)39)31(30(22)26-9-7-24(19-34)8-10-26)27-11-13-29(36-20-27)38-16-14-37(15-17-38)21-25-5-3-23(18-33)4-6-25/h2-13,20H,14-17,21H2,1H3,(H2,35,39). The van der Waals surface area contributed by atoms with Crippen molar-refractivity contribution in [2.24, 2.45) is 5.73 Å². The van der Waals surface area contributed by atoms with Crippen LogP contribution >= 0.6 is 0 Å². The lowest BCUT2D eigenvalue weighted by Gasteiger charge is -2.35. The molecule has 1 aliphatic rings. The molecule has 0 bridgehead atoms. The van der Waals surface area contributed by atoms with Crippen LogP contribution in [-0.4, -0.2) is 42.0 Å². The number of carbonyl (C=O) groups is 1. The van der Waals surface area contributed by atoms with Gasteiger partial charge in [0.1, 0.15) is 5.82 Å². The van der Waals surface area contributed by atoms with Gasteiger partial charge >= 0.3 is 0 Å². The van der Waals surface area contributed by atoms with Crippen LogP contribution in [0.4, 0.5) is 5.82 Å². The maximum atomic E-state index is 12.4. The Labute approximate surface area is 228 Å². The topological polar surface area (TPSA) is 110 Å². The Bertz CT molecular complexity index is 1570. The van der Waals surface area contributed by atoms with E-state index in [4.69, 9.17) is 16.0 Å². The number of nitrogens with zero attached hydrogens (tertiary/aromatic N) is 5. The van der Waals surface area contributed by atoms with E-state index >= 15 is 0 Å². The lowest BCUT2D eigenvalue weighted by atomic mass is 9.87. The Balaban J connectivity index is 1.36. The fourth-order valence-electron chi connectivity index (χ4n) is 5.09. The summed E-state index contributed by atoms with van der Waals surface area (Å²) in [5.74, 6) is 0.396. The summed E-state index contributed by atoms with van der Waals surface area (Å²) in [5.41, 5.74) is 13.1. The van der Waals surface area contributed by atoms with Gasteiger partial charge < -0.3 is 10.6 Å². The van der Waals surface area contributed by atoms with Crippen molar-refractivity contribution in [3.05, 3.63) is 107 Å². The molecule has 7 nitrogen and oxygen atoms in total. The van der Waals surface area contributed by atoms with Crippen LogP contribution in [0.25, 0.3) is 22.3 Å². The van der Waals surface area contributed by atoms with Gasteiger partial charge in [-0.15, -0.1) is 0 Å². The van der Waals surface area contributed by atoms with E-state index < -0.39 is 5.91 Å². The Morgan fingerprint density at radius 3 is 2.00 bits per heavy atom. The van der Waals surface area contributed by atoms with Gasteiger partial charge in [-0.25, -0.2) is 4.98 Å². The third-order valence-corrected chi connectivity index (χ3v) is 7.20. The molecule has 192 valence electrons. The molecule has 3 aromatic carbocycles. The van der Waals surface area contributed by atoms with Gasteiger partial charge in [-0.3, -0.25) is 9.69 Å². The monoisotopic (exact) mass is 512 g/mol. The minimum absolute atomic E-state index is 0.436. The second-order valence-corrected chi connectivity index (χ2v) is 9.71. The summed E-state index contributed by atoms with van der Waals surface area (Å²) in [4.78, 5) is 21.9. The van der Waals surface area contributed by atoms with E-state index in [0.717, 1.165) is 66.4 Å². The highest BCUT2D eigenvalue weighted by atomic mass is 16.1. The van der Waals surface area contributed by atoms with Crippen molar-refractivity contribution in [3.8, 4) is 34.4 Å². The van der Waals surface area contributed by atoms with Crippen LogP contribution in [0.15, 0.2) is 79.0 Å². The number of pyridine rings is 1. The summed E-state index contributed by atoms with van der Waals surface area (Å²) in [6.45, 7) is 6.40. The van der Waals surface area contributed by atoms with Crippen molar-refractivity contribution in [2.45, 2.75) is 13.5 Å². The molecule has 7 heteroatoms. The molecule has 1 saturated heterocycles. The molecule has 1 aromatic heterocycles. The average Bonchev–Trinajstić information content (AvgIpc) is 2.98. The van der Waals surface area contributed by atoms with E-state index in [-0.39, 0.29) is 0 Å². The fraction of sp³-hybridized carbons (Fsp3) is 0.188. The number of carbonyl (C=O) groups excluding carboxylic acids is 1. The van der Waals surface area contributed by atoms with Gasteiger partial charge in [0.2, 0.25) is 5.91 Å². The van der Waals surface area contributed by atoms with Gasteiger partial charge in [-0.2, -0.15) is 10.5 Å². The van der Waals surface area contributed by atoms with E-state index in [1.54, 1.807) is 18.2 Å². The number of rotatable bonds is 6. The molecule has 39 heavy (non-hydrogen) atoms. The zero-order chi connectivity index (χ0) is 27.4. The van der Waals surface area contributed by atoms with Crippen LogP contribution in [0.1, 0.15) is 32.6 Å². The Hall–Kier alpha value is -4.98. The van der Waals surface area contributed by atoms with Gasteiger partial charge in [-0.05, 0) is 71.6 Å². The minimum atomic E-state index is -0.498. The molecule has 0 unspecified atom stereocenters. The largest absolute Gasteiger partial charge is 0.366 e. The molecule has 0 spiro atoms. The normalized spacial score (nSPS) is 13.5. The molecule has 1 amide bonds. The first-order valence-corrected chi connectivity index (χ1v) is 12.8. The Kier molecular flexibility index (Phi) is 7.36. The third-order valence-electron chi connectivity index (χ3n) is 7.20. The van der Waals surface area contributed by atoms with Crippen molar-refractivity contribution >= 4 is 11.7 Å². The fourth-order valence-corrected chi connectivity index (χ4v) is 5.09. The number of primary amides is 1. The summed E-state index contributed by atoms with van der Waals surface area (Å²) >= 11 is 0. The zero-order valence-corrected chi connectivity index (χ0v) is 21.8. The van der Waals surface area contributed by atoms with Gasteiger partial charge in [0.05, 0.1) is 23.3 Å².